The molecule has 0 aliphatic carbocycles. The Kier molecular flexibility index (Phi) is 5.33. The third-order valence-electron chi connectivity index (χ3n) is 3.09. The number of carbonyl (C=O) groups is 1. The minimum Gasteiger partial charge on any atom is -0.325 e. The average molecular weight is 395 g/mol. The Balaban J connectivity index is 1.79. The number of benzene rings is 1. The maximum Gasteiger partial charge on any atom is 0.258 e. The van der Waals surface area contributed by atoms with Crippen molar-refractivity contribution in [3.63, 3.8) is 0 Å². The standard InChI is InChI=1S/C16H10Cl3N5O/c17-9-5-11(18)15(12(19)6-9)16(25)23-10-1-4-21-14(7-10)24-13-2-3-20-8-22-13/h1-8H,(H2,20,21,22,23,24,25). The van der Waals surface area contributed by atoms with E-state index >= 15 is 0 Å². The Morgan fingerprint density at radius 1 is 0.920 bits per heavy atom. The van der Waals surface area contributed by atoms with Crippen molar-refractivity contribution in [2.75, 3.05) is 10.6 Å². The van der Waals surface area contributed by atoms with Crippen molar-refractivity contribution in [2.24, 2.45) is 0 Å². The van der Waals surface area contributed by atoms with Gasteiger partial charge in [-0.15, -0.1) is 0 Å². The molecule has 0 atom stereocenters. The Bertz CT molecular complexity index is 898. The summed E-state index contributed by atoms with van der Waals surface area (Å²) in [5.41, 5.74) is 0.661. The summed E-state index contributed by atoms with van der Waals surface area (Å²) in [6.07, 6.45) is 4.56. The monoisotopic (exact) mass is 393 g/mol. The van der Waals surface area contributed by atoms with Gasteiger partial charge < -0.3 is 10.6 Å². The summed E-state index contributed by atoms with van der Waals surface area (Å²) in [5, 5.41) is 6.42. The first-order valence-electron chi connectivity index (χ1n) is 6.98. The van der Waals surface area contributed by atoms with Crippen LogP contribution in [0.25, 0.3) is 0 Å². The van der Waals surface area contributed by atoms with E-state index in [0.29, 0.717) is 22.3 Å². The molecule has 0 unspecified atom stereocenters. The lowest BCUT2D eigenvalue weighted by atomic mass is 10.2. The lowest BCUT2D eigenvalue weighted by Crippen LogP contribution is -2.13. The number of hydrogen-bond donors (Lipinski definition) is 2. The molecular weight excluding hydrogens is 385 g/mol. The van der Waals surface area contributed by atoms with Crippen LogP contribution in [0.2, 0.25) is 15.1 Å². The molecule has 2 N–H and O–H groups in total. The van der Waals surface area contributed by atoms with Crippen LogP contribution in [-0.2, 0) is 0 Å². The van der Waals surface area contributed by atoms with E-state index in [1.165, 1.54) is 18.5 Å². The summed E-state index contributed by atoms with van der Waals surface area (Å²) in [4.78, 5) is 24.5. The van der Waals surface area contributed by atoms with E-state index in [1.54, 1.807) is 30.6 Å². The van der Waals surface area contributed by atoms with Gasteiger partial charge in [-0.3, -0.25) is 4.79 Å². The van der Waals surface area contributed by atoms with E-state index < -0.39 is 5.91 Å². The number of amides is 1. The zero-order valence-electron chi connectivity index (χ0n) is 12.5. The summed E-state index contributed by atoms with van der Waals surface area (Å²) in [5.74, 6) is 0.630. The fourth-order valence-electron chi connectivity index (χ4n) is 2.03. The highest BCUT2D eigenvalue weighted by molar-refractivity contribution is 6.42. The molecule has 9 heteroatoms. The van der Waals surface area contributed by atoms with Crippen LogP contribution in [0.15, 0.2) is 49.1 Å². The van der Waals surface area contributed by atoms with E-state index in [-0.39, 0.29) is 15.6 Å². The molecule has 126 valence electrons. The van der Waals surface area contributed by atoms with E-state index in [9.17, 15) is 4.79 Å². The SMILES string of the molecule is O=C(Nc1ccnc(Nc2ccncn2)c1)c1c(Cl)cc(Cl)cc1Cl. The molecule has 3 aromatic rings. The minimum atomic E-state index is -0.453. The molecule has 1 aromatic carbocycles. The summed E-state index contributed by atoms with van der Waals surface area (Å²) < 4.78 is 0. The van der Waals surface area contributed by atoms with Gasteiger partial charge in [-0.2, -0.15) is 0 Å². The first kappa shape index (κ1) is 17.4. The first-order chi connectivity index (χ1) is 12.0. The maximum absolute atomic E-state index is 12.5. The summed E-state index contributed by atoms with van der Waals surface area (Å²) in [6, 6.07) is 7.90. The van der Waals surface area contributed by atoms with Gasteiger partial charge in [0.2, 0.25) is 0 Å². The number of nitrogens with zero attached hydrogens (tertiary/aromatic N) is 3. The van der Waals surface area contributed by atoms with E-state index in [2.05, 4.69) is 25.6 Å². The first-order valence-corrected chi connectivity index (χ1v) is 8.11. The zero-order chi connectivity index (χ0) is 17.8. The van der Waals surface area contributed by atoms with Gasteiger partial charge in [0, 0.05) is 29.2 Å². The number of nitrogens with one attached hydrogen (secondary N) is 2. The lowest BCUT2D eigenvalue weighted by molar-refractivity contribution is 0.102. The maximum atomic E-state index is 12.5. The van der Waals surface area contributed by atoms with E-state index in [4.69, 9.17) is 34.8 Å². The van der Waals surface area contributed by atoms with Gasteiger partial charge >= 0.3 is 0 Å². The van der Waals surface area contributed by atoms with E-state index in [1.807, 2.05) is 0 Å². The van der Waals surface area contributed by atoms with Crippen LogP contribution in [-0.4, -0.2) is 20.9 Å². The second kappa shape index (κ2) is 7.65. The topological polar surface area (TPSA) is 79.8 Å². The summed E-state index contributed by atoms with van der Waals surface area (Å²) in [7, 11) is 0. The van der Waals surface area contributed by atoms with Gasteiger partial charge in [0.05, 0.1) is 15.6 Å². The molecule has 1 amide bonds. The summed E-state index contributed by atoms with van der Waals surface area (Å²) >= 11 is 18.0. The molecule has 0 bridgehead atoms. The van der Waals surface area contributed by atoms with Crippen molar-refractivity contribution in [1.29, 1.82) is 0 Å². The molecule has 0 saturated carbocycles. The highest BCUT2D eigenvalue weighted by atomic mass is 35.5. The Morgan fingerprint density at radius 3 is 2.36 bits per heavy atom. The van der Waals surface area contributed by atoms with Crippen LogP contribution in [0.5, 0.6) is 0 Å². The zero-order valence-corrected chi connectivity index (χ0v) is 14.8. The molecule has 0 radical (unpaired) electrons. The predicted molar refractivity (Wildman–Crippen MR) is 99.0 cm³/mol. The van der Waals surface area contributed by atoms with Crippen molar-refractivity contribution >= 4 is 58.0 Å². The highest BCUT2D eigenvalue weighted by Crippen LogP contribution is 2.29. The van der Waals surface area contributed by atoms with Crippen LogP contribution in [0.3, 0.4) is 0 Å². The molecule has 3 rings (SSSR count). The Morgan fingerprint density at radius 2 is 1.68 bits per heavy atom. The molecule has 2 aromatic heterocycles. The highest BCUT2D eigenvalue weighted by Gasteiger charge is 2.16. The average Bonchev–Trinajstić information content (AvgIpc) is 2.55. The van der Waals surface area contributed by atoms with Crippen molar-refractivity contribution in [3.05, 3.63) is 69.7 Å². The van der Waals surface area contributed by atoms with Gasteiger partial charge in [-0.05, 0) is 24.3 Å². The number of halogens is 3. The van der Waals surface area contributed by atoms with Crippen LogP contribution >= 0.6 is 34.8 Å². The molecule has 0 fully saturated rings. The number of carbonyl (C=O) groups excluding carboxylic acids is 1. The molecule has 0 aliphatic heterocycles. The molecular formula is C16H10Cl3N5O. The molecule has 0 spiro atoms. The van der Waals surface area contributed by atoms with Crippen LogP contribution in [0, 0.1) is 0 Å². The third kappa shape index (κ3) is 4.36. The van der Waals surface area contributed by atoms with Gasteiger partial charge in [-0.1, -0.05) is 34.8 Å². The molecule has 25 heavy (non-hydrogen) atoms. The van der Waals surface area contributed by atoms with Crippen LogP contribution in [0.1, 0.15) is 10.4 Å². The number of pyridine rings is 1. The number of hydrogen-bond acceptors (Lipinski definition) is 5. The van der Waals surface area contributed by atoms with E-state index in [0.717, 1.165) is 0 Å². The van der Waals surface area contributed by atoms with Crippen molar-refractivity contribution in [3.8, 4) is 0 Å². The normalized spacial score (nSPS) is 10.4. The Labute approximate surface area is 158 Å². The van der Waals surface area contributed by atoms with Gasteiger partial charge in [0.1, 0.15) is 18.0 Å². The molecule has 2 heterocycles. The molecule has 0 aliphatic rings. The quantitative estimate of drug-likeness (QED) is 0.662. The van der Waals surface area contributed by atoms with Crippen molar-refractivity contribution in [2.45, 2.75) is 0 Å². The summed E-state index contributed by atoms with van der Waals surface area (Å²) in [6.45, 7) is 0. The van der Waals surface area contributed by atoms with Gasteiger partial charge in [0.15, 0.2) is 0 Å². The van der Waals surface area contributed by atoms with Gasteiger partial charge in [-0.25, -0.2) is 15.0 Å². The lowest BCUT2D eigenvalue weighted by Gasteiger charge is -2.10. The van der Waals surface area contributed by atoms with Crippen LogP contribution in [0.4, 0.5) is 17.3 Å². The van der Waals surface area contributed by atoms with Crippen molar-refractivity contribution < 1.29 is 4.79 Å². The largest absolute Gasteiger partial charge is 0.325 e. The van der Waals surface area contributed by atoms with Crippen LogP contribution < -0.4 is 10.6 Å². The molecule has 0 saturated heterocycles. The fraction of sp³-hybridized carbons (Fsp3) is 0. The second-order valence-corrected chi connectivity index (χ2v) is 6.10. The predicted octanol–water partition coefficient (Wildman–Crippen LogP) is 4.83. The number of anilines is 3. The fourth-order valence-corrected chi connectivity index (χ4v) is 3.01. The van der Waals surface area contributed by atoms with Crippen molar-refractivity contribution in [1.82, 2.24) is 15.0 Å². The Hall–Kier alpha value is -2.41. The molecule has 6 nitrogen and oxygen atoms in total. The number of rotatable bonds is 4. The second-order valence-electron chi connectivity index (χ2n) is 4.85. The number of aromatic nitrogens is 3. The van der Waals surface area contributed by atoms with Gasteiger partial charge in [0.25, 0.3) is 5.91 Å². The minimum absolute atomic E-state index is 0.148. The third-order valence-corrected chi connectivity index (χ3v) is 3.90. The smallest absolute Gasteiger partial charge is 0.258 e.